The van der Waals surface area contributed by atoms with Crippen LogP contribution >= 0.6 is 11.8 Å². The molecule has 0 bridgehead atoms. The average Bonchev–Trinajstić information content (AvgIpc) is 0.811. The molecule has 1 saturated heterocycles. The maximum Gasteiger partial charge on any atom is 0.246 e. The van der Waals surface area contributed by atoms with E-state index in [-0.39, 0.29) is 67.4 Å². The molecule has 97 heavy (non-hydrogen) atoms. The van der Waals surface area contributed by atoms with Gasteiger partial charge in [-0.05, 0) is 114 Å². The van der Waals surface area contributed by atoms with Crippen LogP contribution in [0.4, 0.5) is 0 Å². The number of nitrogens with zero attached hydrogens (tertiary/aromatic N) is 7. The third-order valence-electron chi connectivity index (χ3n) is 18.1. The highest BCUT2D eigenvalue weighted by Gasteiger charge is 2.47. The Morgan fingerprint density at radius 2 is 0.990 bits per heavy atom. The average molecular weight is 1390 g/mol. The summed E-state index contributed by atoms with van der Waals surface area (Å²) in [6.07, 6.45) is 2.84. The fraction of sp³-hybridized carbons (Fsp3) is 0.817. The number of nitrogens with one attached hydrogen (secondary N) is 5. The third-order valence-corrected chi connectivity index (χ3v) is 19.1. The van der Waals surface area contributed by atoms with Crippen LogP contribution in [0.15, 0.2) is 12.2 Å². The molecule has 558 valence electrons. The topological polar surface area (TPSA) is 311 Å². The molecule has 7 N–H and O–H groups in total. The van der Waals surface area contributed by atoms with Crippen LogP contribution in [0.1, 0.15) is 183 Å². The predicted molar refractivity (Wildman–Crippen MR) is 383 cm³/mol. The Balaban J connectivity index is 4.59. The van der Waals surface area contributed by atoms with Crippen molar-refractivity contribution >= 4 is 76.7 Å². The van der Waals surface area contributed by atoms with Crippen LogP contribution in [0.3, 0.4) is 0 Å². The van der Waals surface area contributed by atoms with Crippen LogP contribution in [0.5, 0.6) is 0 Å². The van der Waals surface area contributed by atoms with Gasteiger partial charge in [0, 0.05) is 80.3 Å². The zero-order valence-electron chi connectivity index (χ0n) is 64.2. The van der Waals surface area contributed by atoms with E-state index < -0.39 is 161 Å². The largest absolute Gasteiger partial charge is 0.390 e. The van der Waals surface area contributed by atoms with Gasteiger partial charge in [0.25, 0.3) is 0 Å². The number of thioether (sulfide) groups is 1. The fourth-order valence-electron chi connectivity index (χ4n) is 11.9. The minimum absolute atomic E-state index is 0.000422. The highest BCUT2D eigenvalue weighted by Crippen LogP contribution is 2.27. The molecule has 1 aliphatic rings. The summed E-state index contributed by atoms with van der Waals surface area (Å²) in [7, 11) is 9.90. The number of aliphatic hydroxyl groups is 2. The van der Waals surface area contributed by atoms with E-state index in [1.54, 1.807) is 54.5 Å². The van der Waals surface area contributed by atoms with E-state index in [2.05, 4.69) is 47.4 Å². The number of carbonyl (C=O) groups excluding carboxylic acids is 11. The molecule has 0 aromatic carbocycles. The van der Waals surface area contributed by atoms with Crippen molar-refractivity contribution in [2.75, 3.05) is 73.9 Å². The van der Waals surface area contributed by atoms with E-state index in [1.807, 2.05) is 47.6 Å². The molecule has 25 nitrogen and oxygen atoms in total. The van der Waals surface area contributed by atoms with E-state index >= 15 is 33.6 Å². The predicted octanol–water partition coefficient (Wildman–Crippen LogP) is 4.51. The van der Waals surface area contributed by atoms with Crippen LogP contribution in [0, 0.1) is 40.9 Å². The Labute approximate surface area is 586 Å². The van der Waals surface area contributed by atoms with Crippen LogP contribution in [0.2, 0.25) is 0 Å². The molecule has 1 heterocycles. The van der Waals surface area contributed by atoms with Gasteiger partial charge in [0.1, 0.15) is 66.5 Å². The lowest BCUT2D eigenvalue weighted by Crippen LogP contribution is -2.64. The van der Waals surface area contributed by atoms with E-state index in [9.17, 15) is 29.4 Å². The molecule has 1 fully saturated rings. The van der Waals surface area contributed by atoms with E-state index in [4.69, 9.17) is 0 Å². The Bertz CT molecular complexity index is 2640. The normalized spacial score (nSPS) is 26.1. The van der Waals surface area contributed by atoms with Crippen molar-refractivity contribution < 1.29 is 63.0 Å². The summed E-state index contributed by atoms with van der Waals surface area (Å²) in [6, 6.07) is -14.4. The van der Waals surface area contributed by atoms with Gasteiger partial charge in [-0.15, -0.1) is 0 Å². The molecule has 0 spiro atoms. The van der Waals surface area contributed by atoms with Crippen LogP contribution in [-0.2, 0) is 52.7 Å². The number of amides is 11. The Hall–Kier alpha value is -5.86. The smallest absolute Gasteiger partial charge is 0.246 e. The summed E-state index contributed by atoms with van der Waals surface area (Å²) in [6.45, 7) is 36.7. The molecule has 0 aliphatic carbocycles. The summed E-state index contributed by atoms with van der Waals surface area (Å²) in [5, 5.41) is 38.3. The lowest BCUT2D eigenvalue weighted by molar-refractivity contribution is -0.157. The minimum atomic E-state index is -1.66. The highest BCUT2D eigenvalue weighted by molar-refractivity contribution is 7.99. The lowest BCUT2D eigenvalue weighted by Gasteiger charge is -2.41. The summed E-state index contributed by atoms with van der Waals surface area (Å²) < 4.78 is 0. The van der Waals surface area contributed by atoms with E-state index in [0.717, 1.165) is 9.80 Å². The summed E-state index contributed by atoms with van der Waals surface area (Å²) in [4.78, 5) is 173. The van der Waals surface area contributed by atoms with Gasteiger partial charge in [-0.3, -0.25) is 52.7 Å². The number of likely N-dealkylation sites (N-methyl/N-ethyl adjacent to an activating group) is 7. The van der Waals surface area contributed by atoms with Crippen molar-refractivity contribution in [2.45, 2.75) is 262 Å². The Morgan fingerprint density at radius 1 is 0.526 bits per heavy atom. The van der Waals surface area contributed by atoms with Crippen molar-refractivity contribution in [1.82, 2.24) is 60.9 Å². The second kappa shape index (κ2) is 40.4. The van der Waals surface area contributed by atoms with Gasteiger partial charge < -0.3 is 71.1 Å². The number of carbonyl (C=O) groups is 11. The van der Waals surface area contributed by atoms with E-state index in [0.29, 0.717) is 25.3 Å². The molecule has 0 saturated carbocycles. The zero-order chi connectivity index (χ0) is 75.2. The fourth-order valence-corrected chi connectivity index (χ4v) is 12.9. The molecule has 0 aromatic rings. The Kier molecular flexibility index (Phi) is 37.1. The number of hydrogen-bond donors (Lipinski definition) is 7. The van der Waals surface area contributed by atoms with Crippen LogP contribution in [-0.4, -0.2) is 262 Å². The molecule has 1 aliphatic heterocycles. The third kappa shape index (κ3) is 27.3. The van der Waals surface area contributed by atoms with Crippen molar-refractivity contribution in [3.8, 4) is 0 Å². The molecule has 13 atom stereocenters. The first-order chi connectivity index (χ1) is 44.6. The van der Waals surface area contributed by atoms with Gasteiger partial charge in [0.05, 0.1) is 11.7 Å². The molecule has 0 aromatic heterocycles. The summed E-state index contributed by atoms with van der Waals surface area (Å²) >= 11 is 1.37. The van der Waals surface area contributed by atoms with Crippen LogP contribution < -0.4 is 26.6 Å². The minimum Gasteiger partial charge on any atom is -0.390 e. The zero-order valence-corrected chi connectivity index (χ0v) is 65.1. The van der Waals surface area contributed by atoms with Crippen molar-refractivity contribution in [1.29, 1.82) is 0 Å². The molecule has 11 amide bonds. The molecule has 0 unspecified atom stereocenters. The first-order valence-electron chi connectivity index (χ1n) is 35.0. The van der Waals surface area contributed by atoms with Gasteiger partial charge in [0.15, 0.2) is 0 Å². The first-order valence-corrected chi connectivity index (χ1v) is 36.2. The number of hydrogen-bond acceptors (Lipinski definition) is 15. The van der Waals surface area contributed by atoms with Gasteiger partial charge in [-0.2, -0.15) is 11.8 Å². The summed E-state index contributed by atoms with van der Waals surface area (Å²) in [5.41, 5.74) is -1.62. The first kappa shape index (κ1) is 89.2. The molecule has 26 heteroatoms. The second-order valence-electron chi connectivity index (χ2n) is 30.8. The SMILES string of the molecule is C/C=C/C[C@@H](C)[C@@H](O)[C@H]1C(=O)N[C@@H](CC)C(=O)N(C)[C@H](CSCCNCC(C)(C)C)C(=O)N(C)[C@@H](CC(C)(C)O)C(=O)N[C@H](C(C)C)C(=O)N(C)[C@H](CCC(C)C)C(=O)N[C@H](C)C(=O)N[C@@H](C)C(=O)N(C)[C@H](CC(C)C)C(=O)N(C)[C@@H](CC(C)C)C(=O)N(C)[C@@H](C(C)C)C(=O)N1C. The second-order valence-corrected chi connectivity index (χ2v) is 32.0. The monoisotopic (exact) mass is 1390 g/mol. The number of allylic oxidation sites excluding steroid dienone is 2. The maximum absolute atomic E-state index is 15.4. The lowest BCUT2D eigenvalue weighted by atomic mass is 9.91. The standard InChI is InChI=1S/C71H130N12O13S/c1-28-30-31-46(13)58(84)57-62(88)75-49(29-2)64(90)81(25)54(39-97-35-34-72-40-70(16,17)18)67(93)80(24)53(38-71(19,20)96)61(87)76-55(44(9)10)68(94)77(21)50(33-32-41(3)4)60(86)73-47(14)59(85)74-48(15)63(89)78(22)51(36-42(5)6)65(91)79(23)52(37-43(7)8)66(92)82(26)56(45(11)12)69(95)83(57)27/h28,30,41-58,72,84,96H,29,31-40H2,1-27H3,(H,73,86)(H,74,85)(H,75,88)(H,76,87)/b30-28+/t46-,47-,48+,49+,50-,51-,52+,53+,54-,55-,56+,57+,58-/m1/s1. The van der Waals surface area contributed by atoms with Gasteiger partial charge in [-0.1, -0.05) is 116 Å². The molecular weight excluding hydrogens is 1260 g/mol. The molecular formula is C71H130N12O13S. The van der Waals surface area contributed by atoms with Crippen molar-refractivity contribution in [2.24, 2.45) is 40.9 Å². The number of rotatable bonds is 22. The van der Waals surface area contributed by atoms with Gasteiger partial charge in [0.2, 0.25) is 65.0 Å². The summed E-state index contributed by atoms with van der Waals surface area (Å²) in [5.74, 6) is -9.54. The van der Waals surface area contributed by atoms with E-state index in [1.165, 1.54) is 113 Å². The highest BCUT2D eigenvalue weighted by atomic mass is 32.2. The van der Waals surface area contributed by atoms with Gasteiger partial charge >= 0.3 is 0 Å². The quantitative estimate of drug-likeness (QED) is 0.0580. The van der Waals surface area contributed by atoms with Crippen molar-refractivity contribution in [3.63, 3.8) is 0 Å². The van der Waals surface area contributed by atoms with Gasteiger partial charge in [-0.25, -0.2) is 0 Å². The van der Waals surface area contributed by atoms with Crippen LogP contribution in [0.25, 0.3) is 0 Å². The molecule has 0 radical (unpaired) electrons. The number of aliphatic hydroxyl groups excluding tert-OH is 1. The molecule has 1 rings (SSSR count). The maximum atomic E-state index is 15.4. The van der Waals surface area contributed by atoms with Crippen molar-refractivity contribution in [3.05, 3.63) is 12.2 Å². The Morgan fingerprint density at radius 3 is 1.46 bits per heavy atom.